The first kappa shape index (κ1) is 20.5. The van der Waals surface area contributed by atoms with E-state index in [1.165, 1.54) is 32.4 Å². The van der Waals surface area contributed by atoms with Crippen molar-refractivity contribution in [3.05, 3.63) is 48.1 Å². The molecule has 0 aliphatic carbocycles. The normalized spacial score (nSPS) is 21.2. The van der Waals surface area contributed by atoms with Gasteiger partial charge in [0, 0.05) is 19.1 Å². The summed E-state index contributed by atoms with van der Waals surface area (Å²) in [5.74, 6) is 1.52. The fourth-order valence-corrected chi connectivity index (χ4v) is 4.39. The molecule has 2 aromatic heterocycles. The molecule has 1 atom stereocenters. The lowest BCUT2D eigenvalue weighted by Gasteiger charge is -2.24. The molecule has 2 saturated heterocycles. The Morgan fingerprint density at radius 1 is 1.20 bits per heavy atom. The van der Waals surface area contributed by atoms with Crippen molar-refractivity contribution in [3.8, 4) is 0 Å². The number of pyridine rings is 2. The van der Waals surface area contributed by atoms with Crippen LogP contribution in [0.25, 0.3) is 11.0 Å². The number of likely N-dealkylation sites (tertiary alicyclic amines) is 1. The van der Waals surface area contributed by atoms with Crippen molar-refractivity contribution in [2.75, 3.05) is 36.4 Å². The highest BCUT2D eigenvalue weighted by Gasteiger charge is 2.29. The standard InChI is InChI=1S/C23H33N7/c1-16(2)17(13-24)11-22(25)28-23-6-5-20-21(27-23)12-19(14-26-20)30-10-7-18(15-30)29-8-3-4-9-29/h5-6,11-14,16,18H,3-4,7-10,15,24-25H2,1-2H3,(H,27,28)/b17-13+,22-11+. The average molecular weight is 408 g/mol. The van der Waals surface area contributed by atoms with E-state index in [2.05, 4.69) is 40.0 Å². The van der Waals surface area contributed by atoms with Gasteiger partial charge in [-0.2, -0.15) is 0 Å². The van der Waals surface area contributed by atoms with Crippen LogP contribution in [0.5, 0.6) is 0 Å². The Bertz CT molecular complexity index is 944. The molecule has 2 aromatic rings. The van der Waals surface area contributed by atoms with Crippen molar-refractivity contribution in [2.24, 2.45) is 17.4 Å². The molecule has 30 heavy (non-hydrogen) atoms. The van der Waals surface area contributed by atoms with Gasteiger partial charge in [0.25, 0.3) is 0 Å². The van der Waals surface area contributed by atoms with Crippen LogP contribution in [-0.4, -0.2) is 47.1 Å². The highest BCUT2D eigenvalue weighted by atomic mass is 15.3. The molecule has 0 bridgehead atoms. The Hall–Kier alpha value is -2.80. The van der Waals surface area contributed by atoms with Gasteiger partial charge in [-0.3, -0.25) is 9.88 Å². The number of fused-ring (bicyclic) bond motifs is 1. The number of hydrogen-bond donors (Lipinski definition) is 3. The van der Waals surface area contributed by atoms with E-state index < -0.39 is 0 Å². The summed E-state index contributed by atoms with van der Waals surface area (Å²) in [5.41, 5.74) is 15.7. The molecule has 0 radical (unpaired) electrons. The number of aromatic nitrogens is 2. The van der Waals surface area contributed by atoms with E-state index in [4.69, 9.17) is 16.5 Å². The summed E-state index contributed by atoms with van der Waals surface area (Å²) in [6.45, 7) is 8.80. The molecule has 7 nitrogen and oxygen atoms in total. The molecular formula is C23H33N7. The predicted molar refractivity (Wildman–Crippen MR) is 124 cm³/mol. The molecule has 4 rings (SSSR count). The molecule has 0 aromatic carbocycles. The maximum absolute atomic E-state index is 6.15. The van der Waals surface area contributed by atoms with Gasteiger partial charge in [-0.05, 0) is 74.3 Å². The van der Waals surface area contributed by atoms with E-state index in [0.717, 1.165) is 35.4 Å². The summed E-state index contributed by atoms with van der Waals surface area (Å²) < 4.78 is 0. The first-order valence-corrected chi connectivity index (χ1v) is 11.0. The molecule has 0 amide bonds. The van der Waals surface area contributed by atoms with Crippen LogP contribution >= 0.6 is 0 Å². The largest absolute Gasteiger partial charge is 0.404 e. The highest BCUT2D eigenvalue weighted by Crippen LogP contribution is 2.27. The number of rotatable bonds is 6. The topological polar surface area (TPSA) is 96.3 Å². The molecule has 1 unspecified atom stereocenters. The molecule has 2 aliphatic rings. The van der Waals surface area contributed by atoms with Gasteiger partial charge in [0.1, 0.15) is 11.6 Å². The van der Waals surface area contributed by atoms with Gasteiger partial charge >= 0.3 is 0 Å². The fraction of sp³-hybridized carbons (Fsp3) is 0.478. The second-order valence-corrected chi connectivity index (χ2v) is 8.61. The Morgan fingerprint density at radius 3 is 2.73 bits per heavy atom. The van der Waals surface area contributed by atoms with E-state index in [9.17, 15) is 0 Å². The van der Waals surface area contributed by atoms with Crippen molar-refractivity contribution in [1.29, 1.82) is 0 Å². The minimum atomic E-state index is 0.302. The minimum Gasteiger partial charge on any atom is -0.404 e. The second-order valence-electron chi connectivity index (χ2n) is 8.61. The van der Waals surface area contributed by atoms with E-state index in [-0.39, 0.29) is 0 Å². The van der Waals surface area contributed by atoms with Gasteiger partial charge in [-0.25, -0.2) is 4.98 Å². The fourth-order valence-electron chi connectivity index (χ4n) is 4.39. The highest BCUT2D eigenvalue weighted by molar-refractivity contribution is 5.79. The van der Waals surface area contributed by atoms with Gasteiger partial charge < -0.3 is 21.7 Å². The van der Waals surface area contributed by atoms with Crippen LogP contribution in [0.1, 0.15) is 33.1 Å². The summed E-state index contributed by atoms with van der Waals surface area (Å²) in [5, 5.41) is 3.17. The van der Waals surface area contributed by atoms with Crippen LogP contribution in [-0.2, 0) is 0 Å². The van der Waals surface area contributed by atoms with Crippen LogP contribution in [0, 0.1) is 5.92 Å². The van der Waals surface area contributed by atoms with Gasteiger partial charge in [0.2, 0.25) is 0 Å². The van der Waals surface area contributed by atoms with Gasteiger partial charge in [-0.1, -0.05) is 13.8 Å². The lowest BCUT2D eigenvalue weighted by atomic mass is 10.0. The first-order valence-electron chi connectivity index (χ1n) is 11.0. The number of nitrogens with one attached hydrogen (secondary N) is 1. The maximum Gasteiger partial charge on any atom is 0.132 e. The number of hydrogen-bond acceptors (Lipinski definition) is 7. The van der Waals surface area contributed by atoms with Crippen molar-refractivity contribution >= 4 is 22.5 Å². The smallest absolute Gasteiger partial charge is 0.132 e. The Morgan fingerprint density at radius 2 is 2.00 bits per heavy atom. The third kappa shape index (κ3) is 4.51. The van der Waals surface area contributed by atoms with Crippen LogP contribution in [0.4, 0.5) is 11.5 Å². The monoisotopic (exact) mass is 407 g/mol. The molecular weight excluding hydrogens is 374 g/mol. The Kier molecular flexibility index (Phi) is 6.08. The van der Waals surface area contributed by atoms with Gasteiger partial charge in [0.15, 0.2) is 0 Å². The molecule has 0 saturated carbocycles. The number of nitrogens with two attached hydrogens (primary N) is 2. The zero-order chi connectivity index (χ0) is 21.1. The second kappa shape index (κ2) is 8.92. The predicted octanol–water partition coefficient (Wildman–Crippen LogP) is 3.01. The van der Waals surface area contributed by atoms with E-state index in [1.54, 1.807) is 6.20 Å². The molecule has 2 fully saturated rings. The molecule has 0 spiro atoms. The van der Waals surface area contributed by atoms with Crippen LogP contribution in [0.3, 0.4) is 0 Å². The third-order valence-electron chi connectivity index (χ3n) is 6.16. The lowest BCUT2D eigenvalue weighted by molar-refractivity contribution is 0.260. The van der Waals surface area contributed by atoms with Gasteiger partial charge in [0.05, 0.1) is 22.9 Å². The van der Waals surface area contributed by atoms with E-state index in [1.807, 2.05) is 24.4 Å². The van der Waals surface area contributed by atoms with Crippen molar-refractivity contribution in [2.45, 2.75) is 39.2 Å². The quantitative estimate of drug-likeness (QED) is 0.633. The maximum atomic E-state index is 6.15. The first-order chi connectivity index (χ1) is 14.5. The van der Waals surface area contributed by atoms with Crippen molar-refractivity contribution in [3.63, 3.8) is 0 Å². The summed E-state index contributed by atoms with van der Waals surface area (Å²) >= 11 is 0. The van der Waals surface area contributed by atoms with Crippen LogP contribution in [0.15, 0.2) is 48.1 Å². The van der Waals surface area contributed by atoms with E-state index in [0.29, 0.717) is 23.6 Å². The van der Waals surface area contributed by atoms with Crippen molar-refractivity contribution in [1.82, 2.24) is 14.9 Å². The zero-order valence-electron chi connectivity index (χ0n) is 18.0. The van der Waals surface area contributed by atoms with Crippen LogP contribution < -0.4 is 21.7 Å². The molecule has 7 heteroatoms. The zero-order valence-corrected chi connectivity index (χ0v) is 18.0. The summed E-state index contributed by atoms with van der Waals surface area (Å²) in [7, 11) is 0. The van der Waals surface area contributed by atoms with E-state index >= 15 is 0 Å². The minimum absolute atomic E-state index is 0.302. The Balaban J connectivity index is 1.49. The molecule has 4 heterocycles. The lowest BCUT2D eigenvalue weighted by Crippen LogP contribution is -2.35. The molecule has 2 aliphatic heterocycles. The summed E-state index contributed by atoms with van der Waals surface area (Å²) in [6.07, 6.45) is 9.32. The summed E-state index contributed by atoms with van der Waals surface area (Å²) in [6, 6.07) is 6.68. The van der Waals surface area contributed by atoms with Crippen molar-refractivity contribution < 1.29 is 0 Å². The number of nitrogens with zero attached hydrogens (tertiary/aromatic N) is 4. The van der Waals surface area contributed by atoms with Gasteiger partial charge in [-0.15, -0.1) is 0 Å². The molecule has 160 valence electrons. The number of anilines is 2. The SMILES string of the molecule is CC(C)C(=C/N)/C=C(\N)Nc1ccc2ncc(N3CCC(N4CCCC4)C3)cc2n1. The Labute approximate surface area is 178 Å². The summed E-state index contributed by atoms with van der Waals surface area (Å²) in [4.78, 5) is 14.5. The average Bonchev–Trinajstić information content (AvgIpc) is 3.43. The number of allylic oxidation sites excluding steroid dienone is 2. The van der Waals surface area contributed by atoms with Crippen LogP contribution in [0.2, 0.25) is 0 Å². The molecule has 5 N–H and O–H groups in total. The third-order valence-corrected chi connectivity index (χ3v) is 6.16.